The number of hydrogen-bond donors (Lipinski definition) is 3. The van der Waals surface area contributed by atoms with E-state index in [2.05, 4.69) is 20.9 Å². The van der Waals surface area contributed by atoms with E-state index in [1.807, 2.05) is 55.5 Å². The molecule has 1 aromatic heterocycles. The number of nitrogens with one attached hydrogen (secondary N) is 3. The highest BCUT2D eigenvalue weighted by Crippen LogP contribution is 2.14. The van der Waals surface area contributed by atoms with Crippen LogP contribution in [-0.4, -0.2) is 18.4 Å². The summed E-state index contributed by atoms with van der Waals surface area (Å²) in [6.07, 6.45) is 1.59. The molecule has 0 unspecified atom stereocenters. The zero-order valence-corrected chi connectivity index (χ0v) is 20.3. The molecule has 3 aromatic rings. The van der Waals surface area contributed by atoms with Gasteiger partial charge in [0.05, 0.1) is 19.4 Å². The average molecular weight is 553 g/mol. The predicted molar refractivity (Wildman–Crippen MR) is 135 cm³/mol. The summed E-state index contributed by atoms with van der Waals surface area (Å²) in [5.41, 5.74) is 2.53. The minimum absolute atomic E-state index is 0. The number of halogens is 2. The quantitative estimate of drug-likeness (QED) is 0.214. The molecule has 0 fully saturated rings. The first-order chi connectivity index (χ1) is 14.7. The van der Waals surface area contributed by atoms with E-state index < -0.39 is 0 Å². The van der Waals surface area contributed by atoms with Gasteiger partial charge in [0, 0.05) is 23.7 Å². The molecule has 6 nitrogen and oxygen atoms in total. The zero-order chi connectivity index (χ0) is 21.2. The highest BCUT2D eigenvalue weighted by Gasteiger charge is 2.07. The number of rotatable bonds is 8. The lowest BCUT2D eigenvalue weighted by Gasteiger charge is -2.12. The van der Waals surface area contributed by atoms with E-state index in [0.717, 1.165) is 17.7 Å². The molecule has 0 radical (unpaired) electrons. The number of benzene rings is 2. The molecule has 1 heterocycles. The Morgan fingerprint density at radius 2 is 1.84 bits per heavy atom. The Hall–Kier alpha value is -2.52. The smallest absolute Gasteiger partial charge is 0.251 e. The second-order valence-electron chi connectivity index (χ2n) is 6.60. The van der Waals surface area contributed by atoms with Crippen LogP contribution in [0.1, 0.15) is 34.2 Å². The van der Waals surface area contributed by atoms with Gasteiger partial charge < -0.3 is 20.4 Å². The molecular formula is C23H26ClIN4O2. The van der Waals surface area contributed by atoms with Crippen molar-refractivity contribution in [1.82, 2.24) is 16.0 Å². The van der Waals surface area contributed by atoms with Gasteiger partial charge in [-0.3, -0.25) is 4.79 Å². The lowest BCUT2D eigenvalue weighted by molar-refractivity contribution is 0.0948. The van der Waals surface area contributed by atoms with E-state index in [9.17, 15) is 4.79 Å². The van der Waals surface area contributed by atoms with Gasteiger partial charge in [-0.2, -0.15) is 0 Å². The van der Waals surface area contributed by atoms with Gasteiger partial charge in [0.25, 0.3) is 5.91 Å². The molecule has 0 spiro atoms. The van der Waals surface area contributed by atoms with E-state index in [0.29, 0.717) is 41.9 Å². The van der Waals surface area contributed by atoms with Gasteiger partial charge in [-0.05, 0) is 48.4 Å². The Morgan fingerprint density at radius 1 is 1.00 bits per heavy atom. The summed E-state index contributed by atoms with van der Waals surface area (Å²) in [6.45, 7) is 4.11. The summed E-state index contributed by atoms with van der Waals surface area (Å²) in [4.78, 5) is 17.0. The number of furan rings is 1. The van der Waals surface area contributed by atoms with Crippen molar-refractivity contribution in [2.75, 3.05) is 6.54 Å². The Morgan fingerprint density at radius 3 is 2.58 bits per heavy atom. The van der Waals surface area contributed by atoms with Crippen LogP contribution in [0.2, 0.25) is 5.02 Å². The number of hydrogen-bond acceptors (Lipinski definition) is 3. The number of carbonyl (C=O) groups is 1. The third-order valence-electron chi connectivity index (χ3n) is 4.36. The standard InChI is InChI=1S/C23H25ClN4O2.HI/c1-2-25-23(28-15-19-8-3-4-11-21(19)24)27-14-17-7-5-9-18(13-17)22(29)26-16-20-10-6-12-30-20;/h3-13H,2,14-16H2,1H3,(H,26,29)(H2,25,27,28);1H. The normalized spacial score (nSPS) is 10.8. The summed E-state index contributed by atoms with van der Waals surface area (Å²) >= 11 is 6.22. The van der Waals surface area contributed by atoms with Crippen molar-refractivity contribution in [2.45, 2.75) is 26.6 Å². The second kappa shape index (κ2) is 13.0. The Labute approximate surface area is 204 Å². The molecule has 3 N–H and O–H groups in total. The fourth-order valence-corrected chi connectivity index (χ4v) is 3.03. The van der Waals surface area contributed by atoms with E-state index in [1.165, 1.54) is 0 Å². The molecule has 0 bridgehead atoms. The third kappa shape index (κ3) is 7.91. The van der Waals surface area contributed by atoms with Crippen molar-refractivity contribution in [2.24, 2.45) is 4.99 Å². The topological polar surface area (TPSA) is 78.7 Å². The number of guanidine groups is 1. The largest absolute Gasteiger partial charge is 0.467 e. The molecule has 164 valence electrons. The van der Waals surface area contributed by atoms with Crippen LogP contribution in [0.3, 0.4) is 0 Å². The predicted octanol–water partition coefficient (Wildman–Crippen LogP) is 4.74. The number of carbonyl (C=O) groups excluding carboxylic acids is 1. The fraction of sp³-hybridized carbons (Fsp3) is 0.217. The van der Waals surface area contributed by atoms with Gasteiger partial charge in [0.2, 0.25) is 0 Å². The van der Waals surface area contributed by atoms with Crippen LogP contribution in [0, 0.1) is 0 Å². The van der Waals surface area contributed by atoms with Crippen LogP contribution >= 0.6 is 35.6 Å². The molecule has 0 aliphatic heterocycles. The van der Waals surface area contributed by atoms with E-state index in [4.69, 9.17) is 16.0 Å². The van der Waals surface area contributed by atoms with Gasteiger partial charge in [-0.25, -0.2) is 4.99 Å². The zero-order valence-electron chi connectivity index (χ0n) is 17.2. The molecule has 2 aromatic carbocycles. The average Bonchev–Trinajstić information content (AvgIpc) is 3.29. The Balaban J connectivity index is 0.00000341. The first-order valence-corrected chi connectivity index (χ1v) is 10.2. The summed E-state index contributed by atoms with van der Waals surface area (Å²) in [5.74, 6) is 1.25. The highest BCUT2D eigenvalue weighted by molar-refractivity contribution is 14.0. The first kappa shape index (κ1) is 24.7. The monoisotopic (exact) mass is 552 g/mol. The molecule has 3 rings (SSSR count). The number of nitrogens with zero attached hydrogens (tertiary/aromatic N) is 1. The minimum Gasteiger partial charge on any atom is -0.467 e. The van der Waals surface area contributed by atoms with E-state index in [-0.39, 0.29) is 29.9 Å². The summed E-state index contributed by atoms with van der Waals surface area (Å²) in [6, 6.07) is 18.8. The molecule has 8 heteroatoms. The van der Waals surface area contributed by atoms with Gasteiger partial charge in [-0.1, -0.05) is 41.9 Å². The SMILES string of the molecule is CCNC(=NCc1cccc(C(=O)NCc2ccco2)c1)NCc1ccccc1Cl.I. The molecule has 0 atom stereocenters. The summed E-state index contributed by atoms with van der Waals surface area (Å²) in [5, 5.41) is 10.1. The van der Waals surface area contributed by atoms with Gasteiger partial charge in [-0.15, -0.1) is 24.0 Å². The van der Waals surface area contributed by atoms with Crippen LogP contribution in [0.4, 0.5) is 0 Å². The number of aliphatic imine (C=N–C) groups is 1. The molecule has 0 saturated heterocycles. The van der Waals surface area contributed by atoms with Crippen LogP contribution < -0.4 is 16.0 Å². The van der Waals surface area contributed by atoms with Crippen LogP contribution in [0.5, 0.6) is 0 Å². The second-order valence-corrected chi connectivity index (χ2v) is 7.01. The summed E-state index contributed by atoms with van der Waals surface area (Å²) < 4.78 is 5.24. The maximum atomic E-state index is 12.4. The van der Waals surface area contributed by atoms with Crippen LogP contribution in [0.15, 0.2) is 76.3 Å². The van der Waals surface area contributed by atoms with E-state index >= 15 is 0 Å². The van der Waals surface area contributed by atoms with Crippen molar-refractivity contribution in [3.63, 3.8) is 0 Å². The van der Waals surface area contributed by atoms with Crippen molar-refractivity contribution in [3.05, 3.63) is 94.4 Å². The third-order valence-corrected chi connectivity index (χ3v) is 4.73. The minimum atomic E-state index is -0.152. The van der Waals surface area contributed by atoms with Crippen molar-refractivity contribution >= 4 is 47.4 Å². The molecule has 0 aliphatic rings. The van der Waals surface area contributed by atoms with Crippen LogP contribution in [-0.2, 0) is 19.6 Å². The molecule has 0 aliphatic carbocycles. The molecule has 31 heavy (non-hydrogen) atoms. The lowest BCUT2D eigenvalue weighted by atomic mass is 10.1. The first-order valence-electron chi connectivity index (χ1n) is 9.81. The van der Waals surface area contributed by atoms with Crippen molar-refractivity contribution in [3.8, 4) is 0 Å². The van der Waals surface area contributed by atoms with E-state index in [1.54, 1.807) is 18.4 Å². The number of amides is 1. The van der Waals surface area contributed by atoms with Gasteiger partial charge >= 0.3 is 0 Å². The van der Waals surface area contributed by atoms with Gasteiger partial charge in [0.15, 0.2) is 5.96 Å². The fourth-order valence-electron chi connectivity index (χ4n) is 2.83. The maximum Gasteiger partial charge on any atom is 0.251 e. The Bertz CT molecular complexity index is 993. The van der Waals surface area contributed by atoms with Crippen molar-refractivity contribution < 1.29 is 9.21 Å². The van der Waals surface area contributed by atoms with Crippen LogP contribution in [0.25, 0.3) is 0 Å². The molecule has 0 saturated carbocycles. The summed E-state index contributed by atoms with van der Waals surface area (Å²) in [7, 11) is 0. The van der Waals surface area contributed by atoms with Crippen molar-refractivity contribution in [1.29, 1.82) is 0 Å². The molecular weight excluding hydrogens is 527 g/mol. The molecule has 1 amide bonds. The Kier molecular flexibility index (Phi) is 10.4. The highest BCUT2D eigenvalue weighted by atomic mass is 127. The van der Waals surface area contributed by atoms with Gasteiger partial charge in [0.1, 0.15) is 5.76 Å². The lowest BCUT2D eigenvalue weighted by Crippen LogP contribution is -2.36. The maximum absolute atomic E-state index is 12.4.